The normalized spacial score (nSPS) is 10.7. The molecule has 3 aromatic carbocycles. The van der Waals surface area contributed by atoms with Crippen molar-refractivity contribution in [3.8, 4) is 29.0 Å². The number of aromatic nitrogens is 2. The Morgan fingerprint density at radius 3 is 2.26 bits per heavy atom. The van der Waals surface area contributed by atoms with Crippen LogP contribution in [-0.2, 0) is 0 Å². The summed E-state index contributed by atoms with van der Waals surface area (Å²) in [7, 11) is 0. The van der Waals surface area contributed by atoms with E-state index in [-0.39, 0.29) is 16.8 Å². The highest BCUT2D eigenvalue weighted by Gasteiger charge is 2.13. The Labute approximate surface area is 194 Å². The van der Waals surface area contributed by atoms with Crippen molar-refractivity contribution >= 4 is 10.8 Å². The van der Waals surface area contributed by atoms with Crippen molar-refractivity contribution in [1.82, 2.24) is 9.97 Å². The van der Waals surface area contributed by atoms with Gasteiger partial charge in [-0.1, -0.05) is 43.7 Å². The Morgan fingerprint density at radius 2 is 1.56 bits per heavy atom. The highest BCUT2D eigenvalue weighted by atomic mass is 19.2. The fraction of sp³-hybridized carbons (Fsp3) is 0.185. The predicted molar refractivity (Wildman–Crippen MR) is 122 cm³/mol. The maximum Gasteiger partial charge on any atom is 0.166 e. The molecule has 0 saturated heterocycles. The predicted octanol–water partition coefficient (Wildman–Crippen LogP) is 6.82. The molecule has 1 aromatic heterocycles. The summed E-state index contributed by atoms with van der Waals surface area (Å²) in [5.41, 5.74) is 0.158. The minimum atomic E-state index is -0.956. The first kappa shape index (κ1) is 23.2. The molecule has 34 heavy (non-hydrogen) atoms. The van der Waals surface area contributed by atoms with Crippen LogP contribution in [0.25, 0.3) is 22.2 Å². The van der Waals surface area contributed by atoms with Gasteiger partial charge in [0.1, 0.15) is 11.6 Å². The minimum absolute atomic E-state index is 0.102. The Morgan fingerprint density at radius 1 is 0.824 bits per heavy atom. The van der Waals surface area contributed by atoms with E-state index in [0.29, 0.717) is 23.3 Å². The van der Waals surface area contributed by atoms with Crippen LogP contribution in [0.1, 0.15) is 37.3 Å². The third-order valence-corrected chi connectivity index (χ3v) is 5.18. The lowest BCUT2D eigenvalue weighted by Gasteiger charge is -2.07. The average Bonchev–Trinajstić information content (AvgIpc) is 2.84. The van der Waals surface area contributed by atoms with Gasteiger partial charge in [0, 0.05) is 16.5 Å². The standard InChI is InChI=1S/C27H20F4N2O/c1-2-3-4-11-34-20-15-32-27(33-16-20)19-13-24(29)22(25(30)14-19)9-6-17-5-8-21-18(12-17)7-10-23(28)26(21)31/h5,7-8,10,12-16H,2-4,11H2,1H3. The molecule has 0 atom stereocenters. The van der Waals surface area contributed by atoms with Gasteiger partial charge in [0.05, 0.1) is 24.6 Å². The molecular weight excluding hydrogens is 444 g/mol. The van der Waals surface area contributed by atoms with Crippen molar-refractivity contribution in [2.75, 3.05) is 6.61 Å². The summed E-state index contributed by atoms with van der Waals surface area (Å²) in [4.78, 5) is 8.27. The van der Waals surface area contributed by atoms with Crippen molar-refractivity contribution in [3.05, 3.63) is 89.3 Å². The first-order chi connectivity index (χ1) is 16.5. The van der Waals surface area contributed by atoms with E-state index < -0.39 is 28.8 Å². The molecule has 0 fully saturated rings. The summed E-state index contributed by atoms with van der Waals surface area (Å²) in [5, 5.41) is 0.529. The molecule has 0 N–H and O–H groups in total. The van der Waals surface area contributed by atoms with Crippen LogP contribution in [0.4, 0.5) is 17.6 Å². The van der Waals surface area contributed by atoms with E-state index in [1.165, 1.54) is 36.7 Å². The van der Waals surface area contributed by atoms with E-state index in [1.807, 2.05) is 0 Å². The fourth-order valence-electron chi connectivity index (χ4n) is 3.38. The first-order valence-electron chi connectivity index (χ1n) is 10.8. The highest BCUT2D eigenvalue weighted by Crippen LogP contribution is 2.24. The van der Waals surface area contributed by atoms with Crippen molar-refractivity contribution in [3.63, 3.8) is 0 Å². The number of hydrogen-bond acceptors (Lipinski definition) is 3. The van der Waals surface area contributed by atoms with Gasteiger partial charge in [-0.05, 0) is 42.1 Å². The van der Waals surface area contributed by atoms with Crippen LogP contribution in [0.3, 0.4) is 0 Å². The second-order valence-corrected chi connectivity index (χ2v) is 7.66. The molecular formula is C27H20F4N2O. The third-order valence-electron chi connectivity index (χ3n) is 5.18. The second-order valence-electron chi connectivity index (χ2n) is 7.66. The number of rotatable bonds is 6. The Kier molecular flexibility index (Phi) is 7.07. The quantitative estimate of drug-likeness (QED) is 0.178. The second kappa shape index (κ2) is 10.3. The topological polar surface area (TPSA) is 35.0 Å². The van der Waals surface area contributed by atoms with Crippen LogP contribution in [0.15, 0.2) is 54.9 Å². The summed E-state index contributed by atoms with van der Waals surface area (Å²) >= 11 is 0. The highest BCUT2D eigenvalue weighted by molar-refractivity contribution is 5.84. The van der Waals surface area contributed by atoms with Crippen LogP contribution < -0.4 is 4.74 Å². The van der Waals surface area contributed by atoms with Gasteiger partial charge in [-0.2, -0.15) is 0 Å². The smallest absolute Gasteiger partial charge is 0.166 e. The van der Waals surface area contributed by atoms with E-state index in [1.54, 1.807) is 0 Å². The van der Waals surface area contributed by atoms with Crippen molar-refractivity contribution in [2.45, 2.75) is 26.2 Å². The lowest BCUT2D eigenvalue weighted by molar-refractivity contribution is 0.304. The van der Waals surface area contributed by atoms with Crippen molar-refractivity contribution < 1.29 is 22.3 Å². The molecule has 0 aliphatic heterocycles. The molecule has 0 spiro atoms. The number of hydrogen-bond donors (Lipinski definition) is 0. The number of halogens is 4. The summed E-state index contributed by atoms with van der Waals surface area (Å²) in [6.07, 6.45) is 6.00. The van der Waals surface area contributed by atoms with Crippen molar-refractivity contribution in [2.24, 2.45) is 0 Å². The maximum absolute atomic E-state index is 14.7. The molecule has 0 radical (unpaired) electrons. The SMILES string of the molecule is CCCCCOc1cnc(-c2cc(F)c(C#Cc3ccc4c(F)c(F)ccc4c3)c(F)c2)nc1. The average molecular weight is 464 g/mol. The number of fused-ring (bicyclic) bond motifs is 1. The van der Waals surface area contributed by atoms with E-state index in [0.717, 1.165) is 37.5 Å². The van der Waals surface area contributed by atoms with Crippen LogP contribution in [-0.4, -0.2) is 16.6 Å². The van der Waals surface area contributed by atoms with Crippen LogP contribution in [0.5, 0.6) is 5.75 Å². The van der Waals surface area contributed by atoms with E-state index in [4.69, 9.17) is 4.74 Å². The minimum Gasteiger partial charge on any atom is -0.490 e. The molecule has 0 aliphatic carbocycles. The van der Waals surface area contributed by atoms with Crippen LogP contribution in [0, 0.1) is 35.1 Å². The van der Waals surface area contributed by atoms with E-state index in [2.05, 4.69) is 28.7 Å². The number of unbranched alkanes of at least 4 members (excludes halogenated alkanes) is 2. The lowest BCUT2D eigenvalue weighted by Crippen LogP contribution is -1.99. The van der Waals surface area contributed by atoms with Gasteiger partial charge in [0.25, 0.3) is 0 Å². The zero-order valence-electron chi connectivity index (χ0n) is 18.3. The summed E-state index contributed by atoms with van der Waals surface area (Å²) in [6, 6.07) is 9.01. The largest absolute Gasteiger partial charge is 0.490 e. The molecule has 172 valence electrons. The van der Waals surface area contributed by atoms with Gasteiger partial charge in [-0.3, -0.25) is 0 Å². The summed E-state index contributed by atoms with van der Waals surface area (Å²) in [5.74, 6) is 2.16. The fourth-order valence-corrected chi connectivity index (χ4v) is 3.38. The number of benzene rings is 3. The molecule has 4 aromatic rings. The Bertz CT molecular complexity index is 1370. The van der Waals surface area contributed by atoms with Gasteiger partial charge < -0.3 is 4.74 Å². The molecule has 7 heteroatoms. The molecule has 0 saturated carbocycles. The van der Waals surface area contributed by atoms with E-state index >= 15 is 0 Å². The molecule has 0 aliphatic rings. The summed E-state index contributed by atoms with van der Waals surface area (Å²) < 4.78 is 62.1. The van der Waals surface area contributed by atoms with Crippen LogP contribution in [0.2, 0.25) is 0 Å². The molecule has 0 unspecified atom stereocenters. The Balaban J connectivity index is 1.54. The maximum atomic E-state index is 14.7. The molecule has 4 rings (SSSR count). The van der Waals surface area contributed by atoms with Gasteiger partial charge in [0.2, 0.25) is 0 Å². The number of nitrogens with zero attached hydrogens (tertiary/aromatic N) is 2. The molecule has 0 bridgehead atoms. The molecule has 1 heterocycles. The van der Waals surface area contributed by atoms with Gasteiger partial charge in [0.15, 0.2) is 23.2 Å². The third kappa shape index (κ3) is 5.18. The summed E-state index contributed by atoms with van der Waals surface area (Å²) in [6.45, 7) is 2.65. The van der Waals surface area contributed by atoms with Gasteiger partial charge in [-0.25, -0.2) is 27.5 Å². The Hall–Kier alpha value is -3.92. The molecule has 0 amide bonds. The van der Waals surface area contributed by atoms with Crippen molar-refractivity contribution in [1.29, 1.82) is 0 Å². The first-order valence-corrected chi connectivity index (χ1v) is 10.8. The zero-order chi connectivity index (χ0) is 24.1. The van der Waals surface area contributed by atoms with Gasteiger partial charge in [-0.15, -0.1) is 0 Å². The molecule has 3 nitrogen and oxygen atoms in total. The van der Waals surface area contributed by atoms with Crippen LogP contribution >= 0.6 is 0 Å². The number of ether oxygens (including phenoxy) is 1. The van der Waals surface area contributed by atoms with E-state index in [9.17, 15) is 17.6 Å². The zero-order valence-corrected chi connectivity index (χ0v) is 18.3. The lowest BCUT2D eigenvalue weighted by atomic mass is 10.1. The van der Waals surface area contributed by atoms with Gasteiger partial charge >= 0.3 is 0 Å². The monoisotopic (exact) mass is 464 g/mol.